The molecule has 1 atom stereocenters. The highest BCUT2D eigenvalue weighted by atomic mass is 32.2. The third-order valence-corrected chi connectivity index (χ3v) is 5.80. The summed E-state index contributed by atoms with van der Waals surface area (Å²) in [6.45, 7) is 0.985. The highest BCUT2D eigenvalue weighted by Gasteiger charge is 2.33. The molecule has 1 aliphatic rings. The lowest BCUT2D eigenvalue weighted by Gasteiger charge is -2.35. The summed E-state index contributed by atoms with van der Waals surface area (Å²) in [6, 6.07) is 3.32. The smallest absolute Gasteiger partial charge is 0.245 e. The van der Waals surface area contributed by atoms with Crippen molar-refractivity contribution in [1.82, 2.24) is 14.2 Å². The Morgan fingerprint density at radius 2 is 2.24 bits per heavy atom. The first-order valence-electron chi connectivity index (χ1n) is 6.75. The zero-order valence-electron chi connectivity index (χ0n) is 12.2. The van der Waals surface area contributed by atoms with Crippen LogP contribution in [0.25, 0.3) is 0 Å². The Balaban J connectivity index is 2.36. The van der Waals surface area contributed by atoms with Crippen LogP contribution in [0.15, 0.2) is 23.2 Å². The Bertz CT molecular complexity index is 631. The Morgan fingerprint density at radius 3 is 2.86 bits per heavy atom. The van der Waals surface area contributed by atoms with Gasteiger partial charge in [-0.3, -0.25) is 4.98 Å². The van der Waals surface area contributed by atoms with Crippen LogP contribution >= 0.6 is 12.2 Å². The quantitative estimate of drug-likeness (QED) is 0.808. The number of rotatable bonds is 4. The van der Waals surface area contributed by atoms with Gasteiger partial charge in [0.15, 0.2) is 0 Å². The average molecular weight is 328 g/mol. The molecule has 1 aliphatic heterocycles. The summed E-state index contributed by atoms with van der Waals surface area (Å²) in [5.41, 5.74) is 5.76. The van der Waals surface area contributed by atoms with E-state index in [-0.39, 0.29) is 21.6 Å². The Labute approximate surface area is 131 Å². The minimum Gasteiger partial charge on any atom is -0.388 e. The first-order valence-corrected chi connectivity index (χ1v) is 8.60. The van der Waals surface area contributed by atoms with Gasteiger partial charge in [0.1, 0.15) is 15.6 Å². The predicted molar refractivity (Wildman–Crippen MR) is 85.6 cm³/mol. The van der Waals surface area contributed by atoms with Gasteiger partial charge in [-0.15, -0.1) is 0 Å². The number of nitrogens with zero attached hydrogens (tertiary/aromatic N) is 3. The molecule has 8 heteroatoms. The van der Waals surface area contributed by atoms with Gasteiger partial charge in [-0.05, 0) is 39.1 Å². The number of hydrogen-bond donors (Lipinski definition) is 1. The summed E-state index contributed by atoms with van der Waals surface area (Å²) in [6.07, 6.45) is 3.32. The highest BCUT2D eigenvalue weighted by Crippen LogP contribution is 2.23. The second kappa shape index (κ2) is 6.35. The van der Waals surface area contributed by atoms with E-state index in [0.717, 1.165) is 12.8 Å². The standard InChI is InChI=1S/C13H20N4O2S2/c1-16(2)10-5-4-8-17(9-10)21(18,19)11-6-3-7-15-12(11)13(14)20/h3,6-7,10H,4-5,8-9H2,1-2H3,(H2,14,20). The summed E-state index contributed by atoms with van der Waals surface area (Å²) in [4.78, 5) is 6.16. The van der Waals surface area contributed by atoms with Gasteiger partial charge in [0, 0.05) is 25.3 Å². The zero-order valence-corrected chi connectivity index (χ0v) is 13.8. The summed E-state index contributed by atoms with van der Waals surface area (Å²) >= 11 is 4.91. The maximum atomic E-state index is 12.8. The Hall–Kier alpha value is -1.09. The van der Waals surface area contributed by atoms with Crippen LogP contribution in [-0.2, 0) is 10.0 Å². The molecule has 0 aromatic carbocycles. The van der Waals surface area contributed by atoms with E-state index in [0.29, 0.717) is 13.1 Å². The van der Waals surface area contributed by atoms with Crippen molar-refractivity contribution in [3.63, 3.8) is 0 Å². The topological polar surface area (TPSA) is 79.5 Å². The van der Waals surface area contributed by atoms with Crippen molar-refractivity contribution in [2.24, 2.45) is 5.73 Å². The molecule has 2 heterocycles. The molecule has 1 aromatic rings. The maximum absolute atomic E-state index is 12.8. The molecule has 0 bridgehead atoms. The molecule has 2 rings (SSSR count). The molecule has 1 aromatic heterocycles. The SMILES string of the molecule is CN(C)C1CCCN(S(=O)(=O)c2cccnc2C(N)=S)C1. The number of hydrogen-bond acceptors (Lipinski definition) is 5. The van der Waals surface area contributed by atoms with Crippen LogP contribution < -0.4 is 5.73 Å². The summed E-state index contributed by atoms with van der Waals surface area (Å²) in [5.74, 6) is 0. The summed E-state index contributed by atoms with van der Waals surface area (Å²) in [5, 5.41) is 0. The molecular weight excluding hydrogens is 308 g/mol. The van der Waals surface area contributed by atoms with Crippen LogP contribution in [-0.4, -0.2) is 60.8 Å². The zero-order chi connectivity index (χ0) is 15.6. The molecule has 1 fully saturated rings. The van der Waals surface area contributed by atoms with E-state index in [1.165, 1.54) is 16.6 Å². The van der Waals surface area contributed by atoms with E-state index in [9.17, 15) is 8.42 Å². The van der Waals surface area contributed by atoms with E-state index >= 15 is 0 Å². The first kappa shape index (κ1) is 16.3. The van der Waals surface area contributed by atoms with Crippen LogP contribution in [0.3, 0.4) is 0 Å². The minimum atomic E-state index is -3.63. The Kier molecular flexibility index (Phi) is 4.92. The lowest BCUT2D eigenvalue weighted by molar-refractivity contribution is 0.190. The fraction of sp³-hybridized carbons (Fsp3) is 0.538. The third-order valence-electron chi connectivity index (χ3n) is 3.71. The van der Waals surface area contributed by atoms with Gasteiger partial charge in [-0.1, -0.05) is 12.2 Å². The lowest BCUT2D eigenvalue weighted by atomic mass is 10.1. The fourth-order valence-corrected chi connectivity index (χ4v) is 4.38. The second-order valence-electron chi connectivity index (χ2n) is 5.34. The van der Waals surface area contributed by atoms with E-state index < -0.39 is 10.0 Å². The van der Waals surface area contributed by atoms with Gasteiger partial charge in [-0.2, -0.15) is 4.31 Å². The van der Waals surface area contributed by atoms with E-state index in [2.05, 4.69) is 9.88 Å². The molecule has 21 heavy (non-hydrogen) atoms. The molecule has 2 N–H and O–H groups in total. The molecular formula is C13H20N4O2S2. The highest BCUT2D eigenvalue weighted by molar-refractivity contribution is 7.89. The van der Waals surface area contributed by atoms with Crippen LogP contribution in [0.5, 0.6) is 0 Å². The third kappa shape index (κ3) is 3.39. The first-order chi connectivity index (χ1) is 9.84. The Morgan fingerprint density at radius 1 is 1.52 bits per heavy atom. The molecule has 0 amide bonds. The second-order valence-corrected chi connectivity index (χ2v) is 7.68. The van der Waals surface area contributed by atoms with Gasteiger partial charge >= 0.3 is 0 Å². The number of likely N-dealkylation sites (N-methyl/N-ethyl adjacent to an activating group) is 1. The monoisotopic (exact) mass is 328 g/mol. The molecule has 6 nitrogen and oxygen atoms in total. The summed E-state index contributed by atoms with van der Waals surface area (Å²) < 4.78 is 27.2. The molecule has 0 spiro atoms. The average Bonchev–Trinajstić information content (AvgIpc) is 2.47. The van der Waals surface area contributed by atoms with E-state index in [4.69, 9.17) is 18.0 Å². The van der Waals surface area contributed by atoms with Crippen LogP contribution in [0.4, 0.5) is 0 Å². The molecule has 116 valence electrons. The molecule has 0 aliphatic carbocycles. The normalized spacial score (nSPS) is 20.6. The van der Waals surface area contributed by atoms with Crippen LogP contribution in [0, 0.1) is 0 Å². The minimum absolute atomic E-state index is 0.00431. The van der Waals surface area contributed by atoms with Crippen molar-refractivity contribution in [1.29, 1.82) is 0 Å². The van der Waals surface area contributed by atoms with Crippen LogP contribution in [0.1, 0.15) is 18.5 Å². The number of nitrogens with two attached hydrogens (primary N) is 1. The summed E-state index contributed by atoms with van der Waals surface area (Å²) in [7, 11) is 0.300. The number of thiocarbonyl (C=S) groups is 1. The van der Waals surface area contributed by atoms with Gasteiger partial charge < -0.3 is 10.6 Å². The lowest BCUT2D eigenvalue weighted by Crippen LogP contribution is -2.47. The van der Waals surface area contributed by atoms with Crippen molar-refractivity contribution in [2.45, 2.75) is 23.8 Å². The van der Waals surface area contributed by atoms with Crippen molar-refractivity contribution >= 4 is 27.2 Å². The number of pyridine rings is 1. The van der Waals surface area contributed by atoms with Gasteiger partial charge in [-0.25, -0.2) is 8.42 Å². The molecule has 1 unspecified atom stereocenters. The number of aromatic nitrogens is 1. The predicted octanol–water partition coefficient (Wildman–Crippen LogP) is 0.431. The van der Waals surface area contributed by atoms with Crippen molar-refractivity contribution in [3.8, 4) is 0 Å². The van der Waals surface area contributed by atoms with E-state index in [1.54, 1.807) is 6.07 Å². The van der Waals surface area contributed by atoms with Crippen molar-refractivity contribution < 1.29 is 8.42 Å². The van der Waals surface area contributed by atoms with Gasteiger partial charge in [0.25, 0.3) is 0 Å². The molecule has 0 radical (unpaired) electrons. The van der Waals surface area contributed by atoms with E-state index in [1.807, 2.05) is 14.1 Å². The number of sulfonamides is 1. The van der Waals surface area contributed by atoms with Crippen molar-refractivity contribution in [2.75, 3.05) is 27.2 Å². The molecule has 1 saturated heterocycles. The number of piperidine rings is 1. The fourth-order valence-electron chi connectivity index (χ4n) is 2.48. The van der Waals surface area contributed by atoms with Crippen LogP contribution in [0.2, 0.25) is 0 Å². The maximum Gasteiger partial charge on any atom is 0.245 e. The van der Waals surface area contributed by atoms with Crippen molar-refractivity contribution in [3.05, 3.63) is 24.0 Å². The van der Waals surface area contributed by atoms with Gasteiger partial charge in [0.05, 0.1) is 0 Å². The van der Waals surface area contributed by atoms with Gasteiger partial charge in [0.2, 0.25) is 10.0 Å². The largest absolute Gasteiger partial charge is 0.388 e. The molecule has 0 saturated carbocycles.